The molecular weight excluding hydrogens is 226 g/mol. The molecule has 1 aromatic rings. The third-order valence-electron chi connectivity index (χ3n) is 4.44. The van der Waals surface area contributed by atoms with Gasteiger partial charge in [-0.25, -0.2) is 0 Å². The van der Waals surface area contributed by atoms with Crippen LogP contribution in [0, 0.1) is 5.41 Å². The molecule has 2 aliphatic rings. The van der Waals surface area contributed by atoms with E-state index < -0.39 is 0 Å². The summed E-state index contributed by atoms with van der Waals surface area (Å²) >= 11 is 0. The zero-order chi connectivity index (χ0) is 12.6. The minimum absolute atomic E-state index is 0.143. The minimum atomic E-state index is 0.143. The number of ether oxygens (including phenoxy) is 1. The molecule has 1 heterocycles. The second-order valence-electron chi connectivity index (χ2n) is 5.76. The highest BCUT2D eigenvalue weighted by Gasteiger charge is 2.37. The SMILES string of the molecule is CN(CC1(CO)CCC1)c1ccc2c(c1)CCO2. The Kier molecular flexibility index (Phi) is 2.94. The third kappa shape index (κ3) is 1.97. The van der Waals surface area contributed by atoms with Crippen LogP contribution in [0.4, 0.5) is 5.69 Å². The number of nitrogens with zero attached hydrogens (tertiary/aromatic N) is 1. The average molecular weight is 247 g/mol. The summed E-state index contributed by atoms with van der Waals surface area (Å²) in [5, 5.41) is 9.54. The number of rotatable bonds is 4. The number of benzene rings is 1. The van der Waals surface area contributed by atoms with Crippen molar-refractivity contribution in [2.45, 2.75) is 25.7 Å². The van der Waals surface area contributed by atoms with Gasteiger partial charge < -0.3 is 14.7 Å². The van der Waals surface area contributed by atoms with Crippen LogP contribution in [0.25, 0.3) is 0 Å². The lowest BCUT2D eigenvalue weighted by Crippen LogP contribution is -2.43. The molecule has 0 aromatic heterocycles. The molecule has 3 heteroatoms. The number of aliphatic hydroxyl groups excluding tert-OH is 1. The van der Waals surface area contributed by atoms with Gasteiger partial charge in [-0.3, -0.25) is 0 Å². The summed E-state index contributed by atoms with van der Waals surface area (Å²) in [6, 6.07) is 6.42. The molecule has 3 nitrogen and oxygen atoms in total. The maximum Gasteiger partial charge on any atom is 0.122 e. The van der Waals surface area contributed by atoms with Gasteiger partial charge in [0.2, 0.25) is 0 Å². The molecule has 0 saturated heterocycles. The van der Waals surface area contributed by atoms with E-state index in [-0.39, 0.29) is 5.41 Å². The summed E-state index contributed by atoms with van der Waals surface area (Å²) in [5.41, 5.74) is 2.69. The summed E-state index contributed by atoms with van der Waals surface area (Å²) < 4.78 is 5.53. The first-order valence-corrected chi connectivity index (χ1v) is 6.80. The van der Waals surface area contributed by atoms with E-state index in [1.165, 1.54) is 17.7 Å². The van der Waals surface area contributed by atoms with Crippen LogP contribution in [0.1, 0.15) is 24.8 Å². The number of fused-ring (bicyclic) bond motifs is 1. The maximum atomic E-state index is 9.54. The van der Waals surface area contributed by atoms with Gasteiger partial charge in [-0.15, -0.1) is 0 Å². The van der Waals surface area contributed by atoms with E-state index in [0.717, 1.165) is 38.2 Å². The monoisotopic (exact) mass is 247 g/mol. The van der Waals surface area contributed by atoms with Crippen molar-refractivity contribution < 1.29 is 9.84 Å². The van der Waals surface area contributed by atoms with E-state index in [1.807, 2.05) is 0 Å². The third-order valence-corrected chi connectivity index (χ3v) is 4.44. The summed E-state index contributed by atoms with van der Waals surface area (Å²) in [6.07, 6.45) is 4.58. The molecule has 0 radical (unpaired) electrons. The van der Waals surface area contributed by atoms with Crippen LogP contribution in [0.5, 0.6) is 5.75 Å². The van der Waals surface area contributed by atoms with Gasteiger partial charge in [0.05, 0.1) is 13.2 Å². The normalized spacial score (nSPS) is 19.9. The van der Waals surface area contributed by atoms with Gasteiger partial charge >= 0.3 is 0 Å². The van der Waals surface area contributed by atoms with Crippen molar-refractivity contribution >= 4 is 5.69 Å². The lowest BCUT2D eigenvalue weighted by atomic mass is 9.69. The molecule has 1 aliphatic heterocycles. The van der Waals surface area contributed by atoms with Crippen molar-refractivity contribution in [3.05, 3.63) is 23.8 Å². The molecule has 0 amide bonds. The van der Waals surface area contributed by atoms with Gasteiger partial charge in [-0.05, 0) is 36.6 Å². The molecule has 0 spiro atoms. The first-order chi connectivity index (χ1) is 8.72. The average Bonchev–Trinajstić information content (AvgIpc) is 2.80. The fraction of sp³-hybridized carbons (Fsp3) is 0.600. The quantitative estimate of drug-likeness (QED) is 0.885. The second kappa shape index (κ2) is 4.47. The Morgan fingerprint density at radius 2 is 2.22 bits per heavy atom. The van der Waals surface area contributed by atoms with Crippen molar-refractivity contribution in [2.24, 2.45) is 5.41 Å². The molecular formula is C15H21NO2. The van der Waals surface area contributed by atoms with Crippen molar-refractivity contribution in [2.75, 3.05) is 31.7 Å². The summed E-state index contributed by atoms with van der Waals surface area (Å²) in [5.74, 6) is 1.03. The lowest BCUT2D eigenvalue weighted by Gasteiger charge is -2.43. The van der Waals surface area contributed by atoms with Gasteiger partial charge in [-0.2, -0.15) is 0 Å². The molecule has 0 atom stereocenters. The molecule has 18 heavy (non-hydrogen) atoms. The highest BCUT2D eigenvalue weighted by molar-refractivity contribution is 5.54. The van der Waals surface area contributed by atoms with E-state index in [4.69, 9.17) is 4.74 Å². The molecule has 1 aromatic carbocycles. The number of anilines is 1. The highest BCUT2D eigenvalue weighted by atomic mass is 16.5. The Bertz CT molecular complexity index is 435. The summed E-state index contributed by atoms with van der Waals surface area (Å²) in [7, 11) is 2.12. The Morgan fingerprint density at radius 3 is 2.89 bits per heavy atom. The lowest BCUT2D eigenvalue weighted by molar-refractivity contribution is 0.0524. The predicted octanol–water partition coefficient (Wildman–Crippen LogP) is 2.22. The van der Waals surface area contributed by atoms with Crippen LogP contribution in [-0.2, 0) is 6.42 Å². The van der Waals surface area contributed by atoms with Crippen LogP contribution >= 0.6 is 0 Å². The maximum absolute atomic E-state index is 9.54. The zero-order valence-corrected chi connectivity index (χ0v) is 11.0. The molecule has 0 bridgehead atoms. The van der Waals surface area contributed by atoms with Gasteiger partial charge in [0.25, 0.3) is 0 Å². The molecule has 0 unspecified atom stereocenters. The van der Waals surface area contributed by atoms with E-state index in [2.05, 4.69) is 30.1 Å². The predicted molar refractivity (Wildman–Crippen MR) is 72.3 cm³/mol. The number of hydrogen-bond donors (Lipinski definition) is 1. The van der Waals surface area contributed by atoms with Gasteiger partial charge in [-0.1, -0.05) is 6.42 Å². The molecule has 1 saturated carbocycles. The highest BCUT2D eigenvalue weighted by Crippen LogP contribution is 2.41. The molecule has 1 aliphatic carbocycles. The molecule has 1 fully saturated rings. The summed E-state index contributed by atoms with van der Waals surface area (Å²) in [6.45, 7) is 2.07. The van der Waals surface area contributed by atoms with Crippen molar-refractivity contribution in [1.82, 2.24) is 0 Å². The number of hydrogen-bond acceptors (Lipinski definition) is 3. The fourth-order valence-corrected chi connectivity index (χ4v) is 3.05. The van der Waals surface area contributed by atoms with E-state index in [0.29, 0.717) is 6.61 Å². The van der Waals surface area contributed by atoms with Crippen LogP contribution < -0.4 is 9.64 Å². The Labute approximate surface area is 108 Å². The van der Waals surface area contributed by atoms with Crippen LogP contribution in [-0.4, -0.2) is 31.9 Å². The Morgan fingerprint density at radius 1 is 1.39 bits per heavy atom. The molecule has 1 N–H and O–H groups in total. The van der Waals surface area contributed by atoms with E-state index in [1.54, 1.807) is 0 Å². The van der Waals surface area contributed by atoms with E-state index in [9.17, 15) is 5.11 Å². The van der Waals surface area contributed by atoms with Gasteiger partial charge in [0.1, 0.15) is 5.75 Å². The van der Waals surface area contributed by atoms with Crippen molar-refractivity contribution in [3.63, 3.8) is 0 Å². The van der Waals surface area contributed by atoms with Gasteiger partial charge in [0, 0.05) is 31.1 Å². The fourth-order valence-electron chi connectivity index (χ4n) is 3.05. The van der Waals surface area contributed by atoms with E-state index >= 15 is 0 Å². The summed E-state index contributed by atoms with van der Waals surface area (Å²) in [4.78, 5) is 2.27. The first-order valence-electron chi connectivity index (χ1n) is 6.80. The van der Waals surface area contributed by atoms with Crippen LogP contribution in [0.15, 0.2) is 18.2 Å². The zero-order valence-electron chi connectivity index (χ0n) is 11.0. The largest absolute Gasteiger partial charge is 0.493 e. The Hall–Kier alpha value is -1.22. The number of aliphatic hydroxyl groups is 1. The molecule has 98 valence electrons. The molecule has 3 rings (SSSR count). The smallest absolute Gasteiger partial charge is 0.122 e. The topological polar surface area (TPSA) is 32.7 Å². The van der Waals surface area contributed by atoms with Crippen molar-refractivity contribution in [1.29, 1.82) is 0 Å². The standard InChI is InChI=1S/C15H21NO2/c1-16(10-15(11-17)6-2-7-15)13-3-4-14-12(9-13)5-8-18-14/h3-4,9,17H,2,5-8,10-11H2,1H3. The van der Waals surface area contributed by atoms with Gasteiger partial charge in [0.15, 0.2) is 0 Å². The van der Waals surface area contributed by atoms with Crippen molar-refractivity contribution in [3.8, 4) is 5.75 Å². The minimum Gasteiger partial charge on any atom is -0.493 e. The van der Waals surface area contributed by atoms with Crippen LogP contribution in [0.3, 0.4) is 0 Å². The first kappa shape index (κ1) is 11.8. The Balaban J connectivity index is 1.74. The van der Waals surface area contributed by atoms with Crippen LogP contribution in [0.2, 0.25) is 0 Å². The second-order valence-corrected chi connectivity index (χ2v) is 5.76.